The Balaban J connectivity index is 0.00000162. The van der Waals surface area contributed by atoms with E-state index in [1.165, 1.54) is 58.5 Å². The van der Waals surface area contributed by atoms with Gasteiger partial charge in [0.25, 0.3) is 0 Å². The molecule has 18 heavy (non-hydrogen) atoms. The minimum absolute atomic E-state index is 0. The van der Waals surface area contributed by atoms with Crippen LogP contribution < -0.4 is 5.32 Å². The minimum atomic E-state index is 0. The first-order valence-electron chi connectivity index (χ1n) is 7.15. The first-order valence-corrected chi connectivity index (χ1v) is 7.15. The molecule has 2 heterocycles. The second-order valence-corrected chi connectivity index (χ2v) is 6.70. The number of likely N-dealkylation sites (tertiary alicyclic amines) is 1. The van der Waals surface area contributed by atoms with Gasteiger partial charge >= 0.3 is 0 Å². The van der Waals surface area contributed by atoms with Crippen LogP contribution >= 0.6 is 12.4 Å². The maximum absolute atomic E-state index is 3.49. The lowest BCUT2D eigenvalue weighted by Crippen LogP contribution is -2.41. The van der Waals surface area contributed by atoms with E-state index in [0.717, 1.165) is 5.92 Å². The lowest BCUT2D eigenvalue weighted by molar-refractivity contribution is 0.138. The van der Waals surface area contributed by atoms with Crippen molar-refractivity contribution in [1.29, 1.82) is 0 Å². The van der Waals surface area contributed by atoms with E-state index in [9.17, 15) is 0 Å². The van der Waals surface area contributed by atoms with Crippen LogP contribution in [0.5, 0.6) is 0 Å². The molecule has 0 spiro atoms. The molecule has 0 aliphatic carbocycles. The smallest absolute Gasteiger partial charge is 0.00450 e. The van der Waals surface area contributed by atoms with Crippen molar-refractivity contribution in [2.24, 2.45) is 11.3 Å². The summed E-state index contributed by atoms with van der Waals surface area (Å²) in [6.07, 6.45) is 4.14. The maximum Gasteiger partial charge on any atom is 0.00450 e. The summed E-state index contributed by atoms with van der Waals surface area (Å²) in [5.74, 6) is 0.886. The number of nitrogens with one attached hydrogen (secondary N) is 1. The lowest BCUT2D eigenvalue weighted by atomic mass is 9.88. The highest BCUT2D eigenvalue weighted by Gasteiger charge is 2.30. The molecule has 0 aromatic heterocycles. The van der Waals surface area contributed by atoms with Crippen molar-refractivity contribution in [3.8, 4) is 0 Å². The molecule has 2 atom stereocenters. The summed E-state index contributed by atoms with van der Waals surface area (Å²) in [5, 5.41) is 3.49. The quantitative estimate of drug-likeness (QED) is 0.842. The first kappa shape index (κ1) is 16.2. The zero-order valence-electron chi connectivity index (χ0n) is 12.2. The van der Waals surface area contributed by atoms with Gasteiger partial charge in [-0.25, -0.2) is 0 Å². The van der Waals surface area contributed by atoms with Gasteiger partial charge in [0, 0.05) is 26.2 Å². The number of nitrogens with zero attached hydrogens (tertiary/aromatic N) is 2. The van der Waals surface area contributed by atoms with Gasteiger partial charge < -0.3 is 15.1 Å². The Bertz CT molecular complexity index is 241. The van der Waals surface area contributed by atoms with Crippen molar-refractivity contribution in [2.75, 3.05) is 53.4 Å². The maximum atomic E-state index is 3.49. The van der Waals surface area contributed by atoms with Crippen LogP contribution in [0.3, 0.4) is 0 Å². The van der Waals surface area contributed by atoms with Crippen LogP contribution in [0.1, 0.15) is 26.2 Å². The van der Waals surface area contributed by atoms with E-state index >= 15 is 0 Å². The van der Waals surface area contributed by atoms with Crippen molar-refractivity contribution in [3.05, 3.63) is 0 Å². The van der Waals surface area contributed by atoms with E-state index in [1.54, 1.807) is 0 Å². The van der Waals surface area contributed by atoms with Crippen LogP contribution in [0.4, 0.5) is 0 Å². The van der Waals surface area contributed by atoms with Crippen molar-refractivity contribution in [1.82, 2.24) is 15.1 Å². The van der Waals surface area contributed by atoms with Gasteiger partial charge in [-0.3, -0.25) is 0 Å². The number of piperidine rings is 1. The van der Waals surface area contributed by atoms with Crippen LogP contribution in [0, 0.1) is 11.3 Å². The number of hydrogen-bond donors (Lipinski definition) is 1. The monoisotopic (exact) mass is 275 g/mol. The van der Waals surface area contributed by atoms with Gasteiger partial charge in [0.2, 0.25) is 0 Å². The zero-order chi connectivity index (χ0) is 12.3. The van der Waals surface area contributed by atoms with Gasteiger partial charge in [0.05, 0.1) is 0 Å². The van der Waals surface area contributed by atoms with Crippen molar-refractivity contribution in [2.45, 2.75) is 26.2 Å². The molecule has 0 amide bonds. The largest absolute Gasteiger partial charge is 0.316 e. The van der Waals surface area contributed by atoms with Gasteiger partial charge in [-0.1, -0.05) is 6.92 Å². The minimum Gasteiger partial charge on any atom is -0.316 e. The molecule has 3 nitrogen and oxygen atoms in total. The van der Waals surface area contributed by atoms with Crippen LogP contribution in [-0.2, 0) is 0 Å². The van der Waals surface area contributed by atoms with E-state index in [1.807, 2.05) is 0 Å². The average molecular weight is 276 g/mol. The van der Waals surface area contributed by atoms with Crippen molar-refractivity contribution < 1.29 is 0 Å². The zero-order valence-corrected chi connectivity index (χ0v) is 13.1. The third-order valence-corrected chi connectivity index (χ3v) is 4.40. The predicted molar refractivity (Wildman–Crippen MR) is 80.6 cm³/mol. The van der Waals surface area contributed by atoms with E-state index in [-0.39, 0.29) is 12.4 Å². The lowest BCUT2D eigenvalue weighted by Gasteiger charge is -2.35. The van der Waals surface area contributed by atoms with Crippen molar-refractivity contribution in [3.63, 3.8) is 0 Å². The molecule has 108 valence electrons. The Morgan fingerprint density at radius 1 is 1.44 bits per heavy atom. The van der Waals surface area contributed by atoms with Crippen LogP contribution in [0.15, 0.2) is 0 Å². The fourth-order valence-corrected chi connectivity index (χ4v) is 3.58. The summed E-state index contributed by atoms with van der Waals surface area (Å²) in [6.45, 7) is 9.94. The average Bonchev–Trinajstić information content (AvgIpc) is 2.64. The Morgan fingerprint density at radius 3 is 2.83 bits per heavy atom. The van der Waals surface area contributed by atoms with E-state index in [2.05, 4.69) is 36.1 Å². The summed E-state index contributed by atoms with van der Waals surface area (Å²) >= 11 is 0. The summed E-state index contributed by atoms with van der Waals surface area (Å²) < 4.78 is 0. The van der Waals surface area contributed by atoms with Gasteiger partial charge in [0.15, 0.2) is 0 Å². The Labute approximate surface area is 119 Å². The molecule has 4 heteroatoms. The van der Waals surface area contributed by atoms with Crippen LogP contribution in [0.2, 0.25) is 0 Å². The van der Waals surface area contributed by atoms with Crippen molar-refractivity contribution >= 4 is 12.4 Å². The number of halogens is 1. The highest BCUT2D eigenvalue weighted by molar-refractivity contribution is 5.85. The molecule has 0 saturated carbocycles. The Kier molecular flexibility index (Phi) is 6.39. The van der Waals surface area contributed by atoms with Gasteiger partial charge in [-0.05, 0) is 57.8 Å². The molecule has 0 aromatic carbocycles. The molecule has 0 aromatic rings. The summed E-state index contributed by atoms with van der Waals surface area (Å²) in [4.78, 5) is 5.05. The molecule has 2 unspecified atom stereocenters. The molecular formula is C14H30ClN3. The second kappa shape index (κ2) is 7.09. The summed E-state index contributed by atoms with van der Waals surface area (Å²) in [6, 6.07) is 0. The topological polar surface area (TPSA) is 18.5 Å². The molecule has 1 N–H and O–H groups in total. The fourth-order valence-electron chi connectivity index (χ4n) is 3.58. The molecule has 2 rings (SSSR count). The third-order valence-electron chi connectivity index (χ3n) is 4.40. The molecule has 2 aliphatic heterocycles. The molecule has 0 bridgehead atoms. The number of hydrogen-bond acceptors (Lipinski definition) is 3. The second-order valence-electron chi connectivity index (χ2n) is 6.70. The highest BCUT2D eigenvalue weighted by Crippen LogP contribution is 2.26. The number of rotatable bonds is 4. The normalized spacial score (nSPS) is 33.7. The van der Waals surface area contributed by atoms with Gasteiger partial charge in [0.1, 0.15) is 0 Å². The molecule has 0 radical (unpaired) electrons. The molecule has 2 saturated heterocycles. The third kappa shape index (κ3) is 4.69. The van der Waals surface area contributed by atoms with Gasteiger partial charge in [-0.15, -0.1) is 12.4 Å². The highest BCUT2D eigenvalue weighted by atomic mass is 35.5. The predicted octanol–water partition coefficient (Wildman–Crippen LogP) is 1.68. The summed E-state index contributed by atoms with van der Waals surface area (Å²) in [7, 11) is 4.56. The van der Waals surface area contributed by atoms with E-state index in [4.69, 9.17) is 0 Å². The Hall–Kier alpha value is 0.170. The summed E-state index contributed by atoms with van der Waals surface area (Å²) in [5.41, 5.74) is 0.509. The van der Waals surface area contributed by atoms with Crippen LogP contribution in [-0.4, -0.2) is 63.2 Å². The first-order chi connectivity index (χ1) is 8.07. The van der Waals surface area contributed by atoms with Gasteiger partial charge in [-0.2, -0.15) is 0 Å². The fraction of sp³-hybridized carbons (Fsp3) is 1.00. The van der Waals surface area contributed by atoms with E-state index < -0.39 is 0 Å². The Morgan fingerprint density at radius 2 is 2.22 bits per heavy atom. The van der Waals surface area contributed by atoms with E-state index in [0.29, 0.717) is 5.41 Å². The van der Waals surface area contributed by atoms with Crippen LogP contribution in [0.25, 0.3) is 0 Å². The standard InChI is InChI=1S/C14H29N3.ClH/c1-14(6-7-15-11-14)12-17(3)10-13-5-4-8-16(2)9-13;/h13,15H,4-12H2,1-3H3;1H. The SMILES string of the molecule is CN1CCCC(CN(C)CC2(C)CCNC2)C1.Cl. The molecule has 2 fully saturated rings. The molecular weight excluding hydrogens is 246 g/mol. The molecule has 2 aliphatic rings.